The number of benzene rings is 1. The van der Waals surface area contributed by atoms with Crippen LogP contribution >= 0.6 is 11.8 Å². The van der Waals surface area contributed by atoms with Crippen molar-refractivity contribution in [3.63, 3.8) is 0 Å². The van der Waals surface area contributed by atoms with Gasteiger partial charge < -0.3 is 5.73 Å². The Morgan fingerprint density at radius 2 is 1.89 bits per heavy atom. The molecule has 0 aliphatic rings. The molecule has 0 aliphatic heterocycles. The summed E-state index contributed by atoms with van der Waals surface area (Å²) in [7, 11) is 0. The molecule has 2 rings (SSSR count). The van der Waals surface area contributed by atoms with Crippen LogP contribution in [0.25, 0.3) is 0 Å². The summed E-state index contributed by atoms with van der Waals surface area (Å²) in [4.78, 5) is 8.36. The predicted octanol–water partition coefficient (Wildman–Crippen LogP) is 2.08. The molecular weight excluding hydrogens is 242 g/mol. The third-order valence-electron chi connectivity index (χ3n) is 2.24. The molecule has 0 radical (unpaired) electrons. The molecule has 0 saturated heterocycles. The van der Waals surface area contributed by atoms with Gasteiger partial charge in [-0.3, -0.25) is 0 Å². The van der Waals surface area contributed by atoms with Crippen molar-refractivity contribution in [2.24, 2.45) is 5.73 Å². The van der Waals surface area contributed by atoms with Crippen LogP contribution in [0, 0.1) is 11.8 Å². The van der Waals surface area contributed by atoms with Crippen molar-refractivity contribution in [2.45, 2.75) is 10.9 Å². The molecule has 18 heavy (non-hydrogen) atoms. The average Bonchev–Trinajstić information content (AvgIpc) is 2.45. The molecule has 0 aliphatic carbocycles. The Bertz CT molecular complexity index is 558. The predicted molar refractivity (Wildman–Crippen MR) is 74.0 cm³/mol. The molecule has 0 unspecified atom stereocenters. The van der Waals surface area contributed by atoms with Crippen LogP contribution in [0.3, 0.4) is 0 Å². The van der Waals surface area contributed by atoms with E-state index in [0.717, 1.165) is 16.5 Å². The molecule has 0 amide bonds. The zero-order valence-corrected chi connectivity index (χ0v) is 10.7. The number of aromatic nitrogens is 2. The van der Waals surface area contributed by atoms with E-state index in [1.54, 1.807) is 24.2 Å². The number of hydrogen-bond acceptors (Lipinski definition) is 4. The molecule has 0 saturated carbocycles. The summed E-state index contributed by atoms with van der Waals surface area (Å²) in [6.07, 6.45) is 3.49. The maximum atomic E-state index is 5.39. The topological polar surface area (TPSA) is 51.8 Å². The maximum absolute atomic E-state index is 5.39. The molecule has 1 aromatic carbocycles. The first-order valence-electron chi connectivity index (χ1n) is 5.57. The Morgan fingerprint density at radius 3 is 2.67 bits per heavy atom. The summed E-state index contributed by atoms with van der Waals surface area (Å²) in [6, 6.07) is 9.87. The fourth-order valence-corrected chi connectivity index (χ4v) is 2.22. The molecule has 3 nitrogen and oxygen atoms in total. The van der Waals surface area contributed by atoms with Gasteiger partial charge >= 0.3 is 0 Å². The normalized spacial score (nSPS) is 9.61. The highest BCUT2D eigenvalue weighted by Gasteiger charge is 2.01. The van der Waals surface area contributed by atoms with Crippen molar-refractivity contribution < 1.29 is 0 Å². The lowest BCUT2D eigenvalue weighted by Crippen LogP contribution is -1.94. The van der Waals surface area contributed by atoms with Gasteiger partial charge in [0.25, 0.3) is 0 Å². The van der Waals surface area contributed by atoms with Gasteiger partial charge in [-0.2, -0.15) is 0 Å². The van der Waals surface area contributed by atoms with Gasteiger partial charge in [-0.25, -0.2) is 9.97 Å². The van der Waals surface area contributed by atoms with Gasteiger partial charge in [0.05, 0.1) is 6.54 Å². The SMILES string of the molecule is NCC#Cc1ccccc1CSc1ncccn1. The van der Waals surface area contributed by atoms with Crippen molar-refractivity contribution in [3.05, 3.63) is 53.9 Å². The zero-order valence-electron chi connectivity index (χ0n) is 9.84. The molecule has 1 heterocycles. The molecule has 0 fully saturated rings. The minimum absolute atomic E-state index is 0.378. The number of nitrogens with two attached hydrogens (primary N) is 1. The van der Waals surface area contributed by atoms with Crippen molar-refractivity contribution in [1.29, 1.82) is 0 Å². The van der Waals surface area contributed by atoms with E-state index in [9.17, 15) is 0 Å². The highest BCUT2D eigenvalue weighted by molar-refractivity contribution is 7.98. The van der Waals surface area contributed by atoms with Crippen LogP contribution in [0.15, 0.2) is 47.9 Å². The number of nitrogens with zero attached hydrogens (tertiary/aromatic N) is 2. The van der Waals surface area contributed by atoms with Crippen molar-refractivity contribution in [2.75, 3.05) is 6.54 Å². The second kappa shape index (κ2) is 6.80. The van der Waals surface area contributed by atoms with Crippen molar-refractivity contribution in [1.82, 2.24) is 9.97 Å². The van der Waals surface area contributed by atoms with E-state index in [0.29, 0.717) is 6.54 Å². The van der Waals surface area contributed by atoms with E-state index in [4.69, 9.17) is 5.73 Å². The van der Waals surface area contributed by atoms with Gasteiger partial charge in [0.2, 0.25) is 0 Å². The summed E-state index contributed by atoms with van der Waals surface area (Å²) >= 11 is 1.60. The Balaban J connectivity index is 2.09. The fraction of sp³-hybridized carbons (Fsp3) is 0.143. The average molecular weight is 255 g/mol. The smallest absolute Gasteiger partial charge is 0.187 e. The van der Waals surface area contributed by atoms with Crippen LogP contribution in [-0.2, 0) is 5.75 Å². The van der Waals surface area contributed by atoms with E-state index >= 15 is 0 Å². The van der Waals surface area contributed by atoms with Gasteiger partial charge in [-0.05, 0) is 17.7 Å². The summed E-state index contributed by atoms with van der Waals surface area (Å²) in [5.74, 6) is 6.77. The maximum Gasteiger partial charge on any atom is 0.187 e. The van der Waals surface area contributed by atoms with Crippen LogP contribution < -0.4 is 5.73 Å². The van der Waals surface area contributed by atoms with E-state index in [1.165, 1.54) is 5.56 Å². The van der Waals surface area contributed by atoms with Gasteiger partial charge in [0.15, 0.2) is 5.16 Å². The standard InChI is InChI=1S/C14H13N3S/c15-8-3-7-12-5-1-2-6-13(12)11-18-14-16-9-4-10-17-14/h1-2,4-6,9-10H,8,11,15H2. The first-order chi connectivity index (χ1) is 8.90. The van der Waals surface area contributed by atoms with Gasteiger partial charge in [-0.15, -0.1) is 0 Å². The Kier molecular flexibility index (Phi) is 4.77. The first-order valence-corrected chi connectivity index (χ1v) is 6.55. The van der Waals surface area contributed by atoms with Gasteiger partial charge in [0, 0.05) is 23.7 Å². The third kappa shape index (κ3) is 3.59. The minimum atomic E-state index is 0.378. The monoisotopic (exact) mass is 255 g/mol. The lowest BCUT2D eigenvalue weighted by atomic mass is 10.1. The lowest BCUT2D eigenvalue weighted by Gasteiger charge is -2.03. The summed E-state index contributed by atoms with van der Waals surface area (Å²) in [6.45, 7) is 0.378. The zero-order chi connectivity index (χ0) is 12.6. The summed E-state index contributed by atoms with van der Waals surface area (Å²) in [5, 5.41) is 0.777. The Hall–Kier alpha value is -1.83. The van der Waals surface area contributed by atoms with E-state index in [2.05, 4.69) is 27.9 Å². The number of hydrogen-bond donors (Lipinski definition) is 1. The Morgan fingerprint density at radius 1 is 1.11 bits per heavy atom. The first kappa shape index (κ1) is 12.6. The van der Waals surface area contributed by atoms with E-state index < -0.39 is 0 Å². The minimum Gasteiger partial charge on any atom is -0.320 e. The Labute approximate surface area is 111 Å². The van der Waals surface area contributed by atoms with E-state index in [-0.39, 0.29) is 0 Å². The molecule has 90 valence electrons. The molecule has 1 aromatic heterocycles. The van der Waals surface area contributed by atoms with Crippen LogP contribution in [-0.4, -0.2) is 16.5 Å². The highest BCUT2D eigenvalue weighted by Crippen LogP contribution is 2.20. The second-order valence-corrected chi connectivity index (χ2v) is 4.43. The van der Waals surface area contributed by atoms with Gasteiger partial charge in [0.1, 0.15) is 0 Å². The summed E-state index contributed by atoms with van der Waals surface area (Å²) < 4.78 is 0. The largest absolute Gasteiger partial charge is 0.320 e. The number of thioether (sulfide) groups is 1. The van der Waals surface area contributed by atoms with Crippen LogP contribution in [0.1, 0.15) is 11.1 Å². The van der Waals surface area contributed by atoms with Crippen molar-refractivity contribution >= 4 is 11.8 Å². The number of rotatable bonds is 3. The fourth-order valence-electron chi connectivity index (χ4n) is 1.42. The molecule has 0 atom stereocenters. The van der Waals surface area contributed by atoms with Gasteiger partial charge in [-0.1, -0.05) is 41.8 Å². The quantitative estimate of drug-likeness (QED) is 0.518. The molecule has 2 N–H and O–H groups in total. The molecule has 2 aromatic rings. The second-order valence-electron chi connectivity index (χ2n) is 3.48. The van der Waals surface area contributed by atoms with Crippen LogP contribution in [0.4, 0.5) is 0 Å². The summed E-state index contributed by atoms with van der Waals surface area (Å²) in [5.41, 5.74) is 7.59. The molecule has 4 heteroatoms. The molecule has 0 spiro atoms. The van der Waals surface area contributed by atoms with Crippen LogP contribution in [0.5, 0.6) is 0 Å². The van der Waals surface area contributed by atoms with Crippen molar-refractivity contribution in [3.8, 4) is 11.8 Å². The highest BCUT2D eigenvalue weighted by atomic mass is 32.2. The van der Waals surface area contributed by atoms with E-state index in [1.807, 2.05) is 24.3 Å². The molecular formula is C14H13N3S. The third-order valence-corrected chi connectivity index (χ3v) is 3.17. The van der Waals surface area contributed by atoms with Crippen LogP contribution in [0.2, 0.25) is 0 Å². The molecule has 0 bridgehead atoms. The lowest BCUT2D eigenvalue weighted by molar-refractivity contribution is 0.966.